The summed E-state index contributed by atoms with van der Waals surface area (Å²) in [7, 11) is 0. The number of non-ortho nitro benzene ring substituents is 1. The van der Waals surface area contributed by atoms with E-state index in [1.807, 2.05) is 12.1 Å². The first-order valence-corrected chi connectivity index (χ1v) is 12.3. The van der Waals surface area contributed by atoms with Crippen molar-refractivity contribution in [3.63, 3.8) is 0 Å². The highest BCUT2D eigenvalue weighted by atomic mass is 16.6. The Bertz CT molecular complexity index is 1280. The Morgan fingerprint density at radius 2 is 1.50 bits per heavy atom. The summed E-state index contributed by atoms with van der Waals surface area (Å²) < 4.78 is 0. The van der Waals surface area contributed by atoms with Crippen LogP contribution in [-0.2, 0) is 10.2 Å². The molecular formula is C29H28N2O5. The van der Waals surface area contributed by atoms with Crippen LogP contribution in [0.5, 0.6) is 0 Å². The van der Waals surface area contributed by atoms with Crippen molar-refractivity contribution in [2.75, 3.05) is 6.54 Å². The van der Waals surface area contributed by atoms with Crippen LogP contribution >= 0.6 is 0 Å². The Kier molecular flexibility index (Phi) is 6.31. The van der Waals surface area contributed by atoms with Crippen LogP contribution in [0, 0.1) is 22.0 Å². The standard InChI is InChI=1S/C29H28N2O5/c32-27(33)15-16-30-28(34)22-4-11-24(12-5-22)29(18-19-1-8-25(29)17-19)23-9-2-20(3-10-23)21-6-13-26(14-7-21)31(35)36/h2-7,9-14,19,25H,1,8,15-18H2,(H,30,34)(H,32,33). The Hall–Kier alpha value is -4.00. The minimum Gasteiger partial charge on any atom is -0.481 e. The van der Waals surface area contributed by atoms with Crippen LogP contribution in [-0.4, -0.2) is 28.5 Å². The fourth-order valence-electron chi connectivity index (χ4n) is 6.24. The maximum absolute atomic E-state index is 12.4. The van der Waals surface area contributed by atoms with Gasteiger partial charge in [-0.2, -0.15) is 0 Å². The number of carbonyl (C=O) groups is 2. The second-order valence-corrected chi connectivity index (χ2v) is 9.91. The zero-order valence-corrected chi connectivity index (χ0v) is 19.9. The SMILES string of the molecule is O=C(O)CCNC(=O)c1ccc(C2(c3ccc(-c4ccc([N+](=O)[O-])cc4)cc3)CC3CCC2C3)cc1. The van der Waals surface area contributed by atoms with E-state index in [0.717, 1.165) is 17.5 Å². The summed E-state index contributed by atoms with van der Waals surface area (Å²) in [6.07, 6.45) is 4.63. The Morgan fingerprint density at radius 3 is 2.00 bits per heavy atom. The van der Waals surface area contributed by atoms with Crippen molar-refractivity contribution in [3.8, 4) is 11.1 Å². The lowest BCUT2D eigenvalue weighted by Crippen LogP contribution is -2.34. The Morgan fingerprint density at radius 1 is 0.917 bits per heavy atom. The highest BCUT2D eigenvalue weighted by Gasteiger charge is 2.52. The summed E-state index contributed by atoms with van der Waals surface area (Å²) in [5, 5.41) is 22.4. The lowest BCUT2D eigenvalue weighted by Gasteiger charge is -2.39. The summed E-state index contributed by atoms with van der Waals surface area (Å²) in [5.74, 6) is 0.0343. The van der Waals surface area contributed by atoms with Gasteiger partial charge < -0.3 is 10.4 Å². The lowest BCUT2D eigenvalue weighted by atomic mass is 9.64. The molecule has 7 nitrogen and oxygen atoms in total. The normalized spacial score (nSPS) is 22.3. The van der Waals surface area contributed by atoms with Crippen molar-refractivity contribution in [1.82, 2.24) is 5.32 Å². The molecule has 0 aromatic heterocycles. The summed E-state index contributed by atoms with van der Waals surface area (Å²) in [6, 6.07) is 22.9. The van der Waals surface area contributed by atoms with Crippen molar-refractivity contribution >= 4 is 17.6 Å². The summed E-state index contributed by atoms with van der Waals surface area (Å²) in [6.45, 7) is 0.102. The smallest absolute Gasteiger partial charge is 0.305 e. The summed E-state index contributed by atoms with van der Waals surface area (Å²) in [5.41, 5.74) is 4.92. The van der Waals surface area contributed by atoms with Gasteiger partial charge in [-0.1, -0.05) is 42.8 Å². The number of carboxylic acids is 1. The van der Waals surface area contributed by atoms with Crippen LogP contribution in [0.2, 0.25) is 0 Å². The Balaban J connectivity index is 1.41. The van der Waals surface area contributed by atoms with E-state index in [1.165, 1.54) is 42.5 Å². The molecule has 0 heterocycles. The van der Waals surface area contributed by atoms with Gasteiger partial charge in [0.1, 0.15) is 0 Å². The molecule has 2 N–H and O–H groups in total. The van der Waals surface area contributed by atoms with Crippen LogP contribution in [0.15, 0.2) is 72.8 Å². The molecule has 1 amide bonds. The molecule has 2 bridgehead atoms. The van der Waals surface area contributed by atoms with Gasteiger partial charge in [0, 0.05) is 29.7 Å². The van der Waals surface area contributed by atoms with Crippen molar-refractivity contribution < 1.29 is 19.6 Å². The maximum atomic E-state index is 12.4. The largest absolute Gasteiger partial charge is 0.481 e. The second-order valence-electron chi connectivity index (χ2n) is 9.91. The molecule has 5 rings (SSSR count). The summed E-state index contributed by atoms with van der Waals surface area (Å²) in [4.78, 5) is 33.7. The summed E-state index contributed by atoms with van der Waals surface area (Å²) >= 11 is 0. The minimum atomic E-state index is -0.941. The first-order valence-electron chi connectivity index (χ1n) is 12.3. The highest BCUT2D eigenvalue weighted by Crippen LogP contribution is 2.60. The molecule has 0 spiro atoms. The van der Waals surface area contributed by atoms with Gasteiger partial charge in [-0.15, -0.1) is 0 Å². The van der Waals surface area contributed by atoms with Gasteiger partial charge in [-0.25, -0.2) is 0 Å². The minimum absolute atomic E-state index is 0.0790. The van der Waals surface area contributed by atoms with Crippen LogP contribution in [0.3, 0.4) is 0 Å². The number of amides is 1. The van der Waals surface area contributed by atoms with Gasteiger partial charge in [0.2, 0.25) is 0 Å². The van der Waals surface area contributed by atoms with Gasteiger partial charge in [0.25, 0.3) is 11.6 Å². The molecule has 3 unspecified atom stereocenters. The number of nitro groups is 1. The van der Waals surface area contributed by atoms with Crippen molar-refractivity contribution in [2.45, 2.75) is 37.5 Å². The average Bonchev–Trinajstić information content (AvgIpc) is 3.51. The number of hydrogen-bond donors (Lipinski definition) is 2. The second kappa shape index (κ2) is 9.57. The quantitative estimate of drug-likeness (QED) is 0.321. The van der Waals surface area contributed by atoms with Crippen LogP contribution in [0.4, 0.5) is 5.69 Å². The van der Waals surface area contributed by atoms with Crippen LogP contribution < -0.4 is 5.32 Å². The van der Waals surface area contributed by atoms with Gasteiger partial charge in [0.05, 0.1) is 11.3 Å². The lowest BCUT2D eigenvalue weighted by molar-refractivity contribution is -0.384. The van der Waals surface area contributed by atoms with E-state index in [-0.39, 0.29) is 30.0 Å². The first-order chi connectivity index (χ1) is 17.4. The molecule has 0 saturated heterocycles. The molecule has 2 saturated carbocycles. The number of aliphatic carboxylic acids is 1. The molecule has 0 aliphatic heterocycles. The van der Waals surface area contributed by atoms with Crippen molar-refractivity contribution in [3.05, 3.63) is 99.6 Å². The zero-order chi connectivity index (χ0) is 25.3. The predicted molar refractivity (Wildman–Crippen MR) is 136 cm³/mol. The van der Waals surface area contributed by atoms with Gasteiger partial charge in [-0.3, -0.25) is 19.7 Å². The number of nitro benzene ring substituents is 1. The van der Waals surface area contributed by atoms with Gasteiger partial charge in [0.15, 0.2) is 0 Å². The van der Waals surface area contributed by atoms with E-state index in [1.54, 1.807) is 12.1 Å². The predicted octanol–water partition coefficient (Wildman–Crippen LogP) is 5.57. The van der Waals surface area contributed by atoms with Crippen molar-refractivity contribution in [1.29, 1.82) is 0 Å². The van der Waals surface area contributed by atoms with E-state index in [4.69, 9.17) is 5.11 Å². The van der Waals surface area contributed by atoms with E-state index in [0.29, 0.717) is 17.4 Å². The van der Waals surface area contributed by atoms with Crippen LogP contribution in [0.25, 0.3) is 11.1 Å². The molecular weight excluding hydrogens is 456 g/mol. The number of benzene rings is 3. The fraction of sp³-hybridized carbons (Fsp3) is 0.310. The third-order valence-electron chi connectivity index (χ3n) is 7.95. The van der Waals surface area contributed by atoms with E-state index < -0.39 is 10.9 Å². The zero-order valence-electron chi connectivity index (χ0n) is 19.9. The number of carbonyl (C=O) groups excluding carboxylic acids is 1. The van der Waals surface area contributed by atoms with Crippen LogP contribution in [0.1, 0.15) is 53.6 Å². The Labute approximate surface area is 209 Å². The average molecular weight is 485 g/mol. The fourth-order valence-corrected chi connectivity index (χ4v) is 6.24. The topological polar surface area (TPSA) is 110 Å². The van der Waals surface area contributed by atoms with Gasteiger partial charge >= 0.3 is 5.97 Å². The highest BCUT2D eigenvalue weighted by molar-refractivity contribution is 5.94. The van der Waals surface area contributed by atoms with E-state index in [2.05, 4.69) is 41.7 Å². The van der Waals surface area contributed by atoms with Gasteiger partial charge in [-0.05, 0) is 77.6 Å². The third kappa shape index (κ3) is 4.37. The number of carboxylic acid groups (broad SMARTS) is 1. The molecule has 0 radical (unpaired) electrons. The molecule has 3 aromatic carbocycles. The van der Waals surface area contributed by atoms with Crippen molar-refractivity contribution in [2.24, 2.45) is 11.8 Å². The first kappa shape index (κ1) is 23.7. The number of nitrogens with zero attached hydrogens (tertiary/aromatic N) is 1. The molecule has 3 atom stereocenters. The number of fused-ring (bicyclic) bond motifs is 2. The molecule has 2 fully saturated rings. The maximum Gasteiger partial charge on any atom is 0.305 e. The molecule has 36 heavy (non-hydrogen) atoms. The molecule has 7 heteroatoms. The van der Waals surface area contributed by atoms with E-state index in [9.17, 15) is 19.7 Å². The molecule has 2 aliphatic rings. The molecule has 2 aliphatic carbocycles. The molecule has 3 aromatic rings. The third-order valence-corrected chi connectivity index (χ3v) is 7.95. The molecule has 184 valence electrons. The monoisotopic (exact) mass is 484 g/mol. The number of nitrogens with one attached hydrogen (secondary N) is 1. The number of hydrogen-bond acceptors (Lipinski definition) is 4. The van der Waals surface area contributed by atoms with E-state index >= 15 is 0 Å². The number of rotatable bonds is 8.